The Labute approximate surface area is 153 Å². The lowest BCUT2D eigenvalue weighted by molar-refractivity contribution is 0.0954. The fourth-order valence-corrected chi connectivity index (χ4v) is 2.73. The van der Waals surface area contributed by atoms with Crippen LogP contribution in [0.2, 0.25) is 0 Å². The van der Waals surface area contributed by atoms with E-state index in [1.165, 1.54) is 19.7 Å². The van der Waals surface area contributed by atoms with Gasteiger partial charge in [0, 0.05) is 11.5 Å². The van der Waals surface area contributed by atoms with Crippen LogP contribution in [0.1, 0.15) is 55.0 Å². The molecule has 1 aromatic carbocycles. The monoisotopic (exact) mass is 356 g/mol. The molecular weight excluding hydrogens is 332 g/mol. The number of hydrazone groups is 1. The maximum atomic E-state index is 12.3. The molecular formula is C20H24N2O4. The van der Waals surface area contributed by atoms with E-state index in [-0.39, 0.29) is 12.0 Å². The predicted molar refractivity (Wildman–Crippen MR) is 99.0 cm³/mol. The maximum Gasteiger partial charge on any atom is 0.271 e. The molecule has 1 heterocycles. The Bertz CT molecular complexity index is 810. The first kappa shape index (κ1) is 18.0. The van der Waals surface area contributed by atoms with Crippen molar-refractivity contribution in [3.8, 4) is 11.5 Å². The van der Waals surface area contributed by atoms with E-state index in [4.69, 9.17) is 13.9 Å². The molecule has 1 N–H and O–H groups in total. The summed E-state index contributed by atoms with van der Waals surface area (Å²) in [5.41, 5.74) is 2.93. The molecule has 1 saturated carbocycles. The zero-order valence-corrected chi connectivity index (χ0v) is 15.5. The summed E-state index contributed by atoms with van der Waals surface area (Å²) in [6.45, 7) is 6.06. The summed E-state index contributed by atoms with van der Waals surface area (Å²) < 4.78 is 16.7. The Morgan fingerprint density at radius 3 is 2.73 bits per heavy atom. The number of benzene rings is 1. The molecule has 0 radical (unpaired) electrons. The third-order valence-corrected chi connectivity index (χ3v) is 4.27. The number of ether oxygens (including phenoxy) is 2. The van der Waals surface area contributed by atoms with Crippen molar-refractivity contribution in [3.05, 3.63) is 47.4 Å². The highest BCUT2D eigenvalue weighted by Gasteiger charge is 2.36. The molecule has 1 aliphatic carbocycles. The Kier molecular flexibility index (Phi) is 5.30. The van der Waals surface area contributed by atoms with E-state index in [9.17, 15) is 4.79 Å². The number of nitrogens with one attached hydrogen (secondary N) is 1. The topological polar surface area (TPSA) is 73.1 Å². The standard InChI is InChI=1S/C20H24N2O4/c1-12(2)25-18-7-5-14(10-19(18)24-4)20(23)22-21-11-15-6-8-17(26-15)16-9-13(16)3/h5-8,10-13,16H,9H2,1-4H3,(H,22,23)/b21-11-/t13-,16-/m1/s1. The van der Waals surface area contributed by atoms with E-state index in [1.54, 1.807) is 18.2 Å². The van der Waals surface area contributed by atoms with Crippen molar-refractivity contribution in [1.29, 1.82) is 0 Å². The Hall–Kier alpha value is -2.76. The molecule has 1 amide bonds. The highest BCUT2D eigenvalue weighted by Crippen LogP contribution is 2.47. The second-order valence-corrected chi connectivity index (χ2v) is 6.79. The highest BCUT2D eigenvalue weighted by molar-refractivity contribution is 5.95. The minimum atomic E-state index is -0.335. The zero-order chi connectivity index (χ0) is 18.7. The van der Waals surface area contributed by atoms with Crippen LogP contribution >= 0.6 is 0 Å². The third kappa shape index (κ3) is 4.25. The fourth-order valence-electron chi connectivity index (χ4n) is 2.73. The molecule has 0 saturated heterocycles. The molecule has 0 aliphatic heterocycles. The number of methoxy groups -OCH3 is 1. The smallest absolute Gasteiger partial charge is 0.271 e. The lowest BCUT2D eigenvalue weighted by atomic mass is 10.2. The lowest BCUT2D eigenvalue weighted by Crippen LogP contribution is -2.17. The average molecular weight is 356 g/mol. The number of carbonyl (C=O) groups is 1. The molecule has 1 aliphatic rings. The van der Waals surface area contributed by atoms with Crippen LogP contribution in [0, 0.1) is 5.92 Å². The fraction of sp³-hybridized carbons (Fsp3) is 0.400. The van der Waals surface area contributed by atoms with Crippen molar-refractivity contribution >= 4 is 12.1 Å². The SMILES string of the molecule is COc1cc(C(=O)N/N=C\c2ccc([C@@H]3C[C@H]3C)o2)ccc1OC(C)C. The number of hydrogen-bond acceptors (Lipinski definition) is 5. The summed E-state index contributed by atoms with van der Waals surface area (Å²) in [5.74, 6) is 3.57. The van der Waals surface area contributed by atoms with Gasteiger partial charge in [0.05, 0.1) is 19.4 Å². The van der Waals surface area contributed by atoms with Crippen LogP contribution in [-0.4, -0.2) is 25.3 Å². The van der Waals surface area contributed by atoms with Gasteiger partial charge in [-0.2, -0.15) is 5.10 Å². The first-order valence-corrected chi connectivity index (χ1v) is 8.75. The highest BCUT2D eigenvalue weighted by atomic mass is 16.5. The van der Waals surface area contributed by atoms with Gasteiger partial charge in [-0.05, 0) is 56.5 Å². The van der Waals surface area contributed by atoms with Gasteiger partial charge < -0.3 is 13.9 Å². The van der Waals surface area contributed by atoms with Crippen LogP contribution in [0.5, 0.6) is 11.5 Å². The Morgan fingerprint density at radius 2 is 2.08 bits per heavy atom. The summed E-state index contributed by atoms with van der Waals surface area (Å²) in [5, 5.41) is 3.97. The number of nitrogens with zero attached hydrogens (tertiary/aromatic N) is 1. The van der Waals surface area contributed by atoms with Crippen LogP contribution in [0.4, 0.5) is 0 Å². The molecule has 1 fully saturated rings. The van der Waals surface area contributed by atoms with Crippen molar-refractivity contribution in [2.24, 2.45) is 11.0 Å². The van der Waals surface area contributed by atoms with Gasteiger partial charge in [0.15, 0.2) is 11.5 Å². The van der Waals surface area contributed by atoms with E-state index < -0.39 is 0 Å². The number of amides is 1. The van der Waals surface area contributed by atoms with Gasteiger partial charge in [-0.1, -0.05) is 6.92 Å². The van der Waals surface area contributed by atoms with Crippen LogP contribution in [0.3, 0.4) is 0 Å². The summed E-state index contributed by atoms with van der Waals surface area (Å²) in [7, 11) is 1.54. The number of hydrogen-bond donors (Lipinski definition) is 1. The van der Waals surface area contributed by atoms with Crippen molar-refractivity contribution in [2.45, 2.75) is 39.2 Å². The lowest BCUT2D eigenvalue weighted by Gasteiger charge is -2.14. The van der Waals surface area contributed by atoms with Crippen LogP contribution in [-0.2, 0) is 0 Å². The predicted octanol–water partition coefficient (Wildman–Crippen LogP) is 3.96. The molecule has 0 spiro atoms. The second-order valence-electron chi connectivity index (χ2n) is 6.79. The van der Waals surface area contributed by atoms with Crippen molar-refractivity contribution < 1.29 is 18.7 Å². The Morgan fingerprint density at radius 1 is 1.31 bits per heavy atom. The van der Waals surface area contributed by atoms with Gasteiger partial charge in [0.1, 0.15) is 11.5 Å². The molecule has 0 bridgehead atoms. The van der Waals surface area contributed by atoms with Crippen molar-refractivity contribution in [1.82, 2.24) is 5.43 Å². The van der Waals surface area contributed by atoms with Crippen LogP contribution in [0.25, 0.3) is 0 Å². The summed E-state index contributed by atoms with van der Waals surface area (Å²) >= 11 is 0. The largest absolute Gasteiger partial charge is 0.493 e. The molecule has 0 unspecified atom stereocenters. The van der Waals surface area contributed by atoms with Crippen molar-refractivity contribution in [2.75, 3.05) is 7.11 Å². The minimum absolute atomic E-state index is 0.0185. The molecule has 2 aromatic rings. The molecule has 2 atom stereocenters. The minimum Gasteiger partial charge on any atom is -0.493 e. The van der Waals surface area contributed by atoms with Gasteiger partial charge in [-0.15, -0.1) is 0 Å². The molecule has 1 aromatic heterocycles. The van der Waals surface area contributed by atoms with Crippen LogP contribution < -0.4 is 14.9 Å². The normalized spacial score (nSPS) is 19.0. The second kappa shape index (κ2) is 7.64. The summed E-state index contributed by atoms with van der Waals surface area (Å²) in [4.78, 5) is 12.3. The van der Waals surface area contributed by atoms with Gasteiger partial charge in [0.25, 0.3) is 5.91 Å². The van der Waals surface area contributed by atoms with Gasteiger partial charge in [-0.25, -0.2) is 5.43 Å². The average Bonchev–Trinajstić information content (AvgIpc) is 3.15. The molecule has 138 valence electrons. The molecule has 6 nitrogen and oxygen atoms in total. The van der Waals surface area contributed by atoms with E-state index in [0.29, 0.717) is 34.7 Å². The van der Waals surface area contributed by atoms with Gasteiger partial charge >= 0.3 is 0 Å². The summed E-state index contributed by atoms with van der Waals surface area (Å²) in [6, 6.07) is 8.84. The van der Waals surface area contributed by atoms with E-state index in [0.717, 1.165) is 5.76 Å². The molecule has 3 rings (SSSR count). The van der Waals surface area contributed by atoms with E-state index in [1.807, 2.05) is 26.0 Å². The quantitative estimate of drug-likeness (QED) is 0.602. The Balaban J connectivity index is 1.61. The molecule has 6 heteroatoms. The van der Waals surface area contributed by atoms with Crippen molar-refractivity contribution in [3.63, 3.8) is 0 Å². The van der Waals surface area contributed by atoms with E-state index in [2.05, 4.69) is 17.5 Å². The number of rotatable bonds is 7. The zero-order valence-electron chi connectivity index (χ0n) is 15.5. The first-order valence-electron chi connectivity index (χ1n) is 8.75. The third-order valence-electron chi connectivity index (χ3n) is 4.27. The first-order chi connectivity index (χ1) is 12.5. The number of carbonyl (C=O) groups excluding carboxylic acids is 1. The molecule has 26 heavy (non-hydrogen) atoms. The van der Waals surface area contributed by atoms with Gasteiger partial charge in [-0.3, -0.25) is 4.79 Å². The maximum absolute atomic E-state index is 12.3. The summed E-state index contributed by atoms with van der Waals surface area (Å²) in [6.07, 6.45) is 2.69. The number of furan rings is 1. The van der Waals surface area contributed by atoms with Crippen LogP contribution in [0.15, 0.2) is 39.9 Å². The van der Waals surface area contributed by atoms with E-state index >= 15 is 0 Å². The van der Waals surface area contributed by atoms with Gasteiger partial charge in [0.2, 0.25) is 0 Å².